The lowest BCUT2D eigenvalue weighted by Gasteiger charge is -2.28. The summed E-state index contributed by atoms with van der Waals surface area (Å²) in [6, 6.07) is 9.02. The smallest absolute Gasteiger partial charge is 0.360 e. The molecule has 0 spiro atoms. The molecule has 1 amide bonds. The number of rotatable bonds is 2. The summed E-state index contributed by atoms with van der Waals surface area (Å²) in [6.07, 6.45) is -6.08. The second-order valence-corrected chi connectivity index (χ2v) is 7.39. The van der Waals surface area contributed by atoms with Crippen molar-refractivity contribution in [3.05, 3.63) is 53.6 Å². The molecule has 10 heteroatoms. The minimum Gasteiger partial charge on any atom is -0.360 e. The summed E-state index contributed by atoms with van der Waals surface area (Å²) in [7, 11) is -4.14. The maximum Gasteiger partial charge on any atom is 0.416 e. The number of hydrogen-bond acceptors (Lipinski definition) is 4. The molecule has 2 aromatic rings. The zero-order valence-electron chi connectivity index (χ0n) is 13.4. The van der Waals surface area contributed by atoms with Crippen molar-refractivity contribution < 1.29 is 26.4 Å². The van der Waals surface area contributed by atoms with Crippen LogP contribution in [0.4, 0.5) is 24.5 Å². The number of benzene rings is 2. The minimum atomic E-state index is -4.63. The molecule has 0 aromatic heterocycles. The average Bonchev–Trinajstić information content (AvgIpc) is 2.55. The van der Waals surface area contributed by atoms with Crippen molar-refractivity contribution in [2.24, 2.45) is 0 Å². The lowest BCUT2D eigenvalue weighted by atomic mass is 10.2. The van der Waals surface area contributed by atoms with Gasteiger partial charge in [0.2, 0.25) is 10.0 Å². The Bertz CT molecular complexity index is 974. The number of para-hydroxylation sites is 1. The summed E-state index contributed by atoms with van der Waals surface area (Å²) < 4.78 is 65.2. The van der Waals surface area contributed by atoms with Gasteiger partial charge in [-0.15, -0.1) is 0 Å². The highest BCUT2D eigenvalue weighted by molar-refractivity contribution is 7.89. The first-order chi connectivity index (χ1) is 12.1. The third-order valence-electron chi connectivity index (χ3n) is 3.83. The molecule has 3 N–H and O–H groups in total. The number of carbonyl (C=O) groups is 1. The van der Waals surface area contributed by atoms with E-state index in [1.54, 1.807) is 31.2 Å². The van der Waals surface area contributed by atoms with Crippen LogP contribution in [0.25, 0.3) is 0 Å². The van der Waals surface area contributed by atoms with Crippen LogP contribution in [0.2, 0.25) is 0 Å². The van der Waals surface area contributed by atoms with E-state index in [2.05, 4.69) is 15.4 Å². The van der Waals surface area contributed by atoms with Crippen molar-refractivity contribution in [1.82, 2.24) is 4.72 Å². The first-order valence-electron chi connectivity index (χ1n) is 7.44. The normalized spacial score (nSPS) is 18.5. The van der Waals surface area contributed by atoms with E-state index in [0.717, 1.165) is 11.6 Å². The molecule has 0 bridgehead atoms. The molecule has 3 rings (SSSR count). The maximum atomic E-state index is 12.9. The van der Waals surface area contributed by atoms with Crippen LogP contribution in [-0.2, 0) is 21.0 Å². The van der Waals surface area contributed by atoms with Crippen LogP contribution >= 0.6 is 0 Å². The maximum absolute atomic E-state index is 12.9. The van der Waals surface area contributed by atoms with Crippen molar-refractivity contribution in [2.75, 3.05) is 10.6 Å². The predicted octanol–water partition coefficient (Wildman–Crippen LogP) is 2.68. The summed E-state index contributed by atoms with van der Waals surface area (Å²) in [6.45, 7) is 1.75. The van der Waals surface area contributed by atoms with Crippen molar-refractivity contribution in [3.63, 3.8) is 0 Å². The summed E-state index contributed by atoms with van der Waals surface area (Å²) in [5.74, 6) is -0.745. The first kappa shape index (κ1) is 18.2. The van der Waals surface area contributed by atoms with Crippen LogP contribution in [0.1, 0.15) is 11.1 Å². The highest BCUT2D eigenvalue weighted by atomic mass is 32.2. The zero-order valence-corrected chi connectivity index (χ0v) is 14.2. The van der Waals surface area contributed by atoms with Crippen LogP contribution in [0.5, 0.6) is 0 Å². The molecule has 138 valence electrons. The van der Waals surface area contributed by atoms with Crippen molar-refractivity contribution in [1.29, 1.82) is 0 Å². The second kappa shape index (κ2) is 6.29. The predicted molar refractivity (Wildman–Crippen MR) is 89.0 cm³/mol. The van der Waals surface area contributed by atoms with Crippen molar-refractivity contribution in [2.45, 2.75) is 24.2 Å². The topological polar surface area (TPSA) is 87.3 Å². The molecule has 0 aliphatic carbocycles. The standard InChI is InChI=1S/C16H14F3N3O3S/c1-9-4-2-3-5-11(9)21-15(23)14-20-12-8-10(16(17,18)19)6-7-13(12)26(24,25)22-14/h2-8,14,20,22H,1H3,(H,21,23)/t14-/m0/s1. The highest BCUT2D eigenvalue weighted by Crippen LogP contribution is 2.35. The van der Waals surface area contributed by atoms with E-state index >= 15 is 0 Å². The van der Waals surface area contributed by atoms with E-state index in [1.165, 1.54) is 0 Å². The molecule has 0 unspecified atom stereocenters. The summed E-state index contributed by atoms with van der Waals surface area (Å²) in [5, 5.41) is 5.04. The Labute approximate surface area is 147 Å². The van der Waals surface area contributed by atoms with Gasteiger partial charge < -0.3 is 10.6 Å². The number of halogens is 3. The number of fused-ring (bicyclic) bond motifs is 1. The number of amides is 1. The third kappa shape index (κ3) is 3.51. The Morgan fingerprint density at radius 1 is 1.15 bits per heavy atom. The van der Waals surface area contributed by atoms with Gasteiger partial charge in [0.15, 0.2) is 6.17 Å². The molecule has 1 atom stereocenters. The van der Waals surface area contributed by atoms with Crippen LogP contribution in [0, 0.1) is 6.92 Å². The van der Waals surface area contributed by atoms with Gasteiger partial charge >= 0.3 is 6.18 Å². The molecule has 6 nitrogen and oxygen atoms in total. The number of nitrogens with one attached hydrogen (secondary N) is 3. The molecule has 0 fully saturated rings. The highest BCUT2D eigenvalue weighted by Gasteiger charge is 2.37. The van der Waals surface area contributed by atoms with E-state index in [9.17, 15) is 26.4 Å². The largest absolute Gasteiger partial charge is 0.416 e. The summed E-state index contributed by atoms with van der Waals surface area (Å²) in [4.78, 5) is 12.0. The fourth-order valence-corrected chi connectivity index (χ4v) is 3.75. The fourth-order valence-electron chi connectivity index (χ4n) is 2.49. The Morgan fingerprint density at radius 2 is 1.85 bits per heavy atom. The van der Waals surface area contributed by atoms with Crippen molar-refractivity contribution in [3.8, 4) is 0 Å². The zero-order chi connectivity index (χ0) is 19.1. The molecule has 1 aliphatic rings. The van der Waals surface area contributed by atoms with Gasteiger partial charge in [-0.3, -0.25) is 4.79 Å². The number of aryl methyl sites for hydroxylation is 1. The Kier molecular flexibility index (Phi) is 4.41. The monoisotopic (exact) mass is 385 g/mol. The van der Waals surface area contributed by atoms with Crippen LogP contribution < -0.4 is 15.4 Å². The van der Waals surface area contributed by atoms with Gasteiger partial charge in [0.1, 0.15) is 4.90 Å². The minimum absolute atomic E-state index is 0.288. The number of sulfonamides is 1. The van der Waals surface area contributed by atoms with E-state index < -0.39 is 33.8 Å². The van der Waals surface area contributed by atoms with E-state index in [1.807, 2.05) is 0 Å². The number of anilines is 2. The van der Waals surface area contributed by atoms with Gasteiger partial charge in [-0.25, -0.2) is 8.42 Å². The van der Waals surface area contributed by atoms with Gasteiger partial charge in [0, 0.05) is 5.69 Å². The molecule has 2 aromatic carbocycles. The quantitative estimate of drug-likeness (QED) is 0.742. The molecule has 0 saturated heterocycles. The lowest BCUT2D eigenvalue weighted by molar-refractivity contribution is -0.137. The van der Waals surface area contributed by atoms with E-state index in [-0.39, 0.29) is 10.6 Å². The molecule has 26 heavy (non-hydrogen) atoms. The number of carbonyl (C=O) groups excluding carboxylic acids is 1. The van der Waals surface area contributed by atoms with Crippen molar-refractivity contribution >= 4 is 27.3 Å². The van der Waals surface area contributed by atoms with E-state index in [4.69, 9.17) is 0 Å². The molecule has 1 heterocycles. The van der Waals surface area contributed by atoms with Gasteiger partial charge in [0.05, 0.1) is 11.3 Å². The lowest BCUT2D eigenvalue weighted by Crippen LogP contribution is -2.51. The van der Waals surface area contributed by atoms with Crippen LogP contribution in [0.3, 0.4) is 0 Å². The van der Waals surface area contributed by atoms with Gasteiger partial charge in [-0.2, -0.15) is 17.9 Å². The molecular weight excluding hydrogens is 371 g/mol. The Morgan fingerprint density at radius 3 is 2.50 bits per heavy atom. The summed E-state index contributed by atoms with van der Waals surface area (Å²) in [5.41, 5.74) is -0.0879. The molecule has 1 aliphatic heterocycles. The Hall–Kier alpha value is -2.59. The summed E-state index contributed by atoms with van der Waals surface area (Å²) >= 11 is 0. The van der Waals surface area contributed by atoms with Crippen LogP contribution in [-0.4, -0.2) is 20.5 Å². The van der Waals surface area contributed by atoms with Gasteiger partial charge in [0.25, 0.3) is 5.91 Å². The number of hydrogen-bond donors (Lipinski definition) is 3. The second-order valence-electron chi connectivity index (χ2n) is 5.71. The fraction of sp³-hybridized carbons (Fsp3) is 0.188. The average molecular weight is 385 g/mol. The van der Waals surface area contributed by atoms with Crippen LogP contribution in [0.15, 0.2) is 47.4 Å². The third-order valence-corrected chi connectivity index (χ3v) is 5.32. The molecule has 0 radical (unpaired) electrons. The van der Waals surface area contributed by atoms with Gasteiger partial charge in [-0.1, -0.05) is 18.2 Å². The Balaban J connectivity index is 1.91. The van der Waals surface area contributed by atoms with Gasteiger partial charge in [-0.05, 0) is 36.8 Å². The first-order valence-corrected chi connectivity index (χ1v) is 8.93. The molecule has 0 saturated carbocycles. The SMILES string of the molecule is Cc1ccccc1NC(=O)[C@H]1Nc2cc(C(F)(F)F)ccc2S(=O)(=O)N1. The molecular formula is C16H14F3N3O3S. The number of alkyl halides is 3. The van der Waals surface area contributed by atoms with E-state index in [0.29, 0.717) is 17.8 Å².